The second kappa shape index (κ2) is 10.8. The zero-order valence-corrected chi connectivity index (χ0v) is 21.7. The van der Waals surface area contributed by atoms with Crippen LogP contribution in [0.2, 0.25) is 0 Å². The summed E-state index contributed by atoms with van der Waals surface area (Å²) in [5, 5.41) is 11.3. The lowest BCUT2D eigenvalue weighted by Gasteiger charge is -2.38. The van der Waals surface area contributed by atoms with Crippen LogP contribution in [0, 0.1) is 0 Å². The van der Waals surface area contributed by atoms with Gasteiger partial charge in [-0.3, -0.25) is 5.01 Å². The zero-order valence-electron chi connectivity index (χ0n) is 21.7. The number of nitrogens with two attached hydrogens (primary N) is 1. The van der Waals surface area contributed by atoms with Crippen LogP contribution in [-0.4, -0.2) is 51.5 Å². The van der Waals surface area contributed by atoms with E-state index in [0.29, 0.717) is 12.5 Å². The number of nitrogens with zero attached hydrogens (tertiary/aromatic N) is 6. The highest BCUT2D eigenvalue weighted by atomic mass is 16.2. The molecule has 0 saturated carbocycles. The van der Waals surface area contributed by atoms with Gasteiger partial charge < -0.3 is 10.7 Å². The first-order valence-corrected chi connectivity index (χ1v) is 13.7. The van der Waals surface area contributed by atoms with E-state index in [1.165, 1.54) is 22.2 Å². The Bertz CT molecular complexity index is 1480. The Labute approximate surface area is 223 Å². The number of fused-ring (bicyclic) bond motifs is 1. The van der Waals surface area contributed by atoms with Crippen LogP contribution >= 0.6 is 0 Å². The van der Waals surface area contributed by atoms with Gasteiger partial charge in [0.1, 0.15) is 0 Å². The minimum Gasteiger partial charge on any atom is -0.367 e. The van der Waals surface area contributed by atoms with E-state index in [0.717, 1.165) is 68.5 Å². The molecule has 196 valence electrons. The van der Waals surface area contributed by atoms with E-state index in [1.807, 2.05) is 30.3 Å². The Kier molecular flexibility index (Phi) is 6.88. The first-order chi connectivity index (χ1) is 18.7. The fourth-order valence-corrected chi connectivity index (χ4v) is 5.71. The fraction of sp³-hybridized carbons (Fsp3) is 0.333. The van der Waals surface area contributed by atoms with Gasteiger partial charge in [0.05, 0.1) is 17.6 Å². The molecule has 3 heterocycles. The van der Waals surface area contributed by atoms with Gasteiger partial charge >= 0.3 is 5.69 Å². The van der Waals surface area contributed by atoms with Crippen molar-refractivity contribution in [1.29, 1.82) is 0 Å². The van der Waals surface area contributed by atoms with Gasteiger partial charge in [0.25, 0.3) is 0 Å². The molecule has 38 heavy (non-hydrogen) atoms. The molecule has 0 atom stereocenters. The molecule has 2 fully saturated rings. The van der Waals surface area contributed by atoms with Crippen molar-refractivity contribution in [2.75, 3.05) is 31.2 Å². The molecule has 6 rings (SSSR count). The van der Waals surface area contributed by atoms with E-state index in [9.17, 15) is 4.79 Å². The van der Waals surface area contributed by atoms with Crippen molar-refractivity contribution in [3.63, 3.8) is 0 Å². The van der Waals surface area contributed by atoms with Crippen molar-refractivity contribution in [2.45, 2.75) is 38.6 Å². The van der Waals surface area contributed by atoms with Gasteiger partial charge in [0.15, 0.2) is 0 Å². The van der Waals surface area contributed by atoms with Gasteiger partial charge in [-0.1, -0.05) is 73.2 Å². The summed E-state index contributed by atoms with van der Waals surface area (Å²) in [7, 11) is 0. The standard InChI is InChI=1S/C30H35N7O/c31-29(32-36-27-17-7-8-18-28(27)37(30(36)38)34-21-11-12-22-34)35(33-19-9-2-10-20-33)23-25-15-5-6-16-26(25)24-13-3-1-4-14-24/h1,3-8,13-18H,2,9-12,19-23H2,(H2,31,32). The molecule has 8 nitrogen and oxygen atoms in total. The van der Waals surface area contributed by atoms with Gasteiger partial charge in [-0.25, -0.2) is 14.5 Å². The largest absolute Gasteiger partial charge is 0.368 e. The van der Waals surface area contributed by atoms with Gasteiger partial charge in [0.2, 0.25) is 5.96 Å². The lowest BCUT2D eigenvalue weighted by atomic mass is 9.99. The van der Waals surface area contributed by atoms with Gasteiger partial charge in [-0.15, -0.1) is 5.10 Å². The topological polar surface area (TPSA) is 75.0 Å². The Hall–Kier alpha value is -4.04. The third kappa shape index (κ3) is 4.67. The van der Waals surface area contributed by atoms with Crippen LogP contribution in [0.25, 0.3) is 22.2 Å². The van der Waals surface area contributed by atoms with Crippen LogP contribution < -0.4 is 16.4 Å². The van der Waals surface area contributed by atoms with Gasteiger partial charge in [-0.05, 0) is 54.5 Å². The summed E-state index contributed by atoms with van der Waals surface area (Å²) in [6.07, 6.45) is 5.60. The zero-order chi connectivity index (χ0) is 25.9. The summed E-state index contributed by atoms with van der Waals surface area (Å²) in [5.41, 5.74) is 11.7. The van der Waals surface area contributed by atoms with Gasteiger partial charge in [0, 0.05) is 26.2 Å². The molecule has 8 heteroatoms. The normalized spacial score (nSPS) is 16.8. The number of para-hydroxylation sites is 2. The molecule has 0 spiro atoms. The molecule has 2 N–H and O–H groups in total. The summed E-state index contributed by atoms with van der Waals surface area (Å²) >= 11 is 0. The van der Waals surface area contributed by atoms with E-state index in [4.69, 9.17) is 10.8 Å². The Morgan fingerprint density at radius 2 is 1.39 bits per heavy atom. The Morgan fingerprint density at radius 1 is 0.763 bits per heavy atom. The van der Waals surface area contributed by atoms with Crippen LogP contribution in [-0.2, 0) is 6.54 Å². The third-order valence-electron chi connectivity index (χ3n) is 7.63. The Morgan fingerprint density at radius 3 is 2.16 bits per heavy atom. The van der Waals surface area contributed by atoms with E-state index in [2.05, 4.69) is 63.6 Å². The van der Waals surface area contributed by atoms with Crippen LogP contribution in [0.3, 0.4) is 0 Å². The predicted octanol–water partition coefficient (Wildman–Crippen LogP) is 4.18. The average molecular weight is 510 g/mol. The fourth-order valence-electron chi connectivity index (χ4n) is 5.71. The van der Waals surface area contributed by atoms with Crippen LogP contribution in [0.1, 0.15) is 37.7 Å². The summed E-state index contributed by atoms with van der Waals surface area (Å²) in [5.74, 6) is 0.321. The quantitative estimate of drug-likeness (QED) is 0.312. The molecule has 1 aromatic heterocycles. The van der Waals surface area contributed by atoms with E-state index < -0.39 is 0 Å². The van der Waals surface area contributed by atoms with Crippen molar-refractivity contribution >= 4 is 17.0 Å². The highest BCUT2D eigenvalue weighted by Gasteiger charge is 2.24. The summed E-state index contributed by atoms with van der Waals surface area (Å²) in [4.78, 5) is 13.7. The number of piperidine rings is 1. The van der Waals surface area contributed by atoms with Crippen molar-refractivity contribution in [2.24, 2.45) is 10.8 Å². The molecule has 2 aliphatic rings. The number of aromatic nitrogens is 2. The smallest absolute Gasteiger partial charge is 0.367 e. The summed E-state index contributed by atoms with van der Waals surface area (Å²) < 4.78 is 3.25. The lowest BCUT2D eigenvalue weighted by molar-refractivity contribution is 0.0169. The number of imidazole rings is 1. The molecular formula is C30H35N7O. The minimum absolute atomic E-state index is 0.181. The molecule has 0 radical (unpaired) electrons. The third-order valence-corrected chi connectivity index (χ3v) is 7.63. The van der Waals surface area contributed by atoms with Crippen molar-refractivity contribution < 1.29 is 0 Å². The highest BCUT2D eigenvalue weighted by Crippen LogP contribution is 2.26. The first-order valence-electron chi connectivity index (χ1n) is 13.7. The van der Waals surface area contributed by atoms with E-state index >= 15 is 0 Å². The maximum atomic E-state index is 13.7. The molecule has 4 aromatic rings. The van der Waals surface area contributed by atoms with Crippen LogP contribution in [0.15, 0.2) is 88.8 Å². The van der Waals surface area contributed by atoms with Crippen molar-refractivity contribution in [3.8, 4) is 11.1 Å². The molecule has 2 aliphatic heterocycles. The highest BCUT2D eigenvalue weighted by molar-refractivity contribution is 5.81. The van der Waals surface area contributed by atoms with Gasteiger partial charge in [-0.2, -0.15) is 4.68 Å². The monoisotopic (exact) mass is 509 g/mol. The van der Waals surface area contributed by atoms with E-state index in [1.54, 1.807) is 4.68 Å². The van der Waals surface area contributed by atoms with Crippen LogP contribution in [0.5, 0.6) is 0 Å². The minimum atomic E-state index is -0.181. The second-order valence-electron chi connectivity index (χ2n) is 10.1. The second-order valence-corrected chi connectivity index (χ2v) is 10.1. The number of hydrazine groups is 1. The molecule has 3 aromatic carbocycles. The average Bonchev–Trinajstić information content (AvgIpc) is 3.59. The summed E-state index contributed by atoms with van der Waals surface area (Å²) in [6, 6.07) is 26.7. The molecule has 0 aliphatic carbocycles. The molecule has 2 saturated heterocycles. The van der Waals surface area contributed by atoms with Crippen molar-refractivity contribution in [3.05, 3.63) is 94.9 Å². The number of benzene rings is 3. The van der Waals surface area contributed by atoms with Crippen molar-refractivity contribution in [1.82, 2.24) is 19.4 Å². The lowest BCUT2D eigenvalue weighted by Crippen LogP contribution is -2.52. The number of guanidine groups is 1. The van der Waals surface area contributed by atoms with Crippen LogP contribution in [0.4, 0.5) is 0 Å². The SMILES string of the molecule is N/C(=N\n1c(=O)n(N2CCCC2)c2ccccc21)N(Cc1ccccc1-c1ccccc1)N1CCCCC1. The number of hydrogen-bond donors (Lipinski definition) is 1. The molecule has 0 amide bonds. The number of hydrogen-bond acceptors (Lipinski definition) is 4. The number of rotatable bonds is 6. The molecular weight excluding hydrogens is 474 g/mol. The summed E-state index contributed by atoms with van der Waals surface area (Å²) in [6.45, 7) is 4.12. The molecule has 0 unspecified atom stereocenters. The van der Waals surface area contributed by atoms with E-state index in [-0.39, 0.29) is 5.69 Å². The first kappa shape index (κ1) is 24.3. The molecule has 0 bridgehead atoms. The Balaban J connectivity index is 1.42. The maximum Gasteiger partial charge on any atom is 0.368 e. The maximum absolute atomic E-state index is 13.7. The predicted molar refractivity (Wildman–Crippen MR) is 153 cm³/mol.